The molecule has 1 N–H and O–H groups in total. The molecule has 0 bridgehead atoms. The van der Waals surface area contributed by atoms with Gasteiger partial charge in [-0.3, -0.25) is 14.8 Å². The van der Waals surface area contributed by atoms with Crippen LogP contribution in [0.4, 0.5) is 0 Å². The highest BCUT2D eigenvalue weighted by molar-refractivity contribution is 5.80. The maximum absolute atomic E-state index is 5.70. The standard InChI is InChI=1S/C21H41N5O/c1-4-22-20(25-14-9-19(17-25)24(5-2)6-3)23-18-21(10-15-27-16-11-21)26-12-7-8-13-26/h19H,4-18H2,1-3H3,(H,22,23). The molecular formula is C21H41N5O. The summed E-state index contributed by atoms with van der Waals surface area (Å²) in [5.74, 6) is 1.12. The maximum atomic E-state index is 5.70. The lowest BCUT2D eigenvalue weighted by atomic mass is 9.88. The van der Waals surface area contributed by atoms with E-state index in [4.69, 9.17) is 9.73 Å². The Kier molecular flexibility index (Phi) is 7.79. The third kappa shape index (κ3) is 4.96. The quantitative estimate of drug-likeness (QED) is 0.541. The van der Waals surface area contributed by atoms with E-state index in [0.717, 1.165) is 71.3 Å². The van der Waals surface area contributed by atoms with Crippen LogP contribution in [-0.4, -0.2) is 97.8 Å². The van der Waals surface area contributed by atoms with E-state index in [2.05, 4.69) is 40.8 Å². The minimum Gasteiger partial charge on any atom is -0.381 e. The molecule has 3 saturated heterocycles. The van der Waals surface area contributed by atoms with Gasteiger partial charge in [0.25, 0.3) is 0 Å². The van der Waals surface area contributed by atoms with Crippen molar-refractivity contribution in [3.05, 3.63) is 0 Å². The molecule has 6 heteroatoms. The van der Waals surface area contributed by atoms with E-state index in [1.807, 2.05) is 0 Å². The van der Waals surface area contributed by atoms with Gasteiger partial charge in [0.2, 0.25) is 0 Å². The van der Waals surface area contributed by atoms with Crippen molar-refractivity contribution < 1.29 is 4.74 Å². The highest BCUT2D eigenvalue weighted by atomic mass is 16.5. The number of hydrogen-bond acceptors (Lipinski definition) is 4. The molecule has 0 aromatic rings. The van der Waals surface area contributed by atoms with Crippen LogP contribution in [0.1, 0.15) is 52.9 Å². The van der Waals surface area contributed by atoms with Crippen molar-refractivity contribution in [3.8, 4) is 0 Å². The number of likely N-dealkylation sites (tertiary alicyclic amines) is 2. The van der Waals surface area contributed by atoms with Gasteiger partial charge < -0.3 is 15.0 Å². The highest BCUT2D eigenvalue weighted by Gasteiger charge is 2.40. The largest absolute Gasteiger partial charge is 0.381 e. The van der Waals surface area contributed by atoms with Crippen LogP contribution in [0, 0.1) is 0 Å². The first-order valence-corrected chi connectivity index (χ1v) is 11.3. The fourth-order valence-corrected chi connectivity index (χ4v) is 5.14. The smallest absolute Gasteiger partial charge is 0.194 e. The molecule has 3 aliphatic rings. The van der Waals surface area contributed by atoms with Gasteiger partial charge in [-0.05, 0) is 65.2 Å². The molecule has 0 aromatic carbocycles. The van der Waals surface area contributed by atoms with Gasteiger partial charge in [0.05, 0.1) is 6.54 Å². The molecule has 3 rings (SSSR count). The predicted octanol–water partition coefficient (Wildman–Crippen LogP) is 2.01. The Bertz CT molecular complexity index is 467. The van der Waals surface area contributed by atoms with E-state index in [0.29, 0.717) is 6.04 Å². The second-order valence-electron chi connectivity index (χ2n) is 8.31. The SMILES string of the molecule is CCNC(=NCC1(N2CCCC2)CCOCC1)N1CCC(N(CC)CC)C1. The average Bonchev–Trinajstić information content (AvgIpc) is 3.40. The van der Waals surface area contributed by atoms with Gasteiger partial charge in [-0.1, -0.05) is 13.8 Å². The molecule has 0 aliphatic carbocycles. The summed E-state index contributed by atoms with van der Waals surface area (Å²) >= 11 is 0. The number of likely N-dealkylation sites (N-methyl/N-ethyl adjacent to an activating group) is 1. The molecule has 6 nitrogen and oxygen atoms in total. The van der Waals surface area contributed by atoms with Gasteiger partial charge in [-0.25, -0.2) is 0 Å². The summed E-state index contributed by atoms with van der Waals surface area (Å²) in [6.45, 7) is 17.3. The van der Waals surface area contributed by atoms with Gasteiger partial charge in [-0.15, -0.1) is 0 Å². The molecule has 0 spiro atoms. The minimum absolute atomic E-state index is 0.216. The first-order chi connectivity index (χ1) is 13.2. The molecule has 0 aromatic heterocycles. The Morgan fingerprint density at radius 1 is 1.11 bits per heavy atom. The van der Waals surface area contributed by atoms with Gasteiger partial charge >= 0.3 is 0 Å². The van der Waals surface area contributed by atoms with Crippen LogP contribution in [0.5, 0.6) is 0 Å². The summed E-state index contributed by atoms with van der Waals surface area (Å²) in [5.41, 5.74) is 0.216. The first kappa shape index (κ1) is 20.9. The van der Waals surface area contributed by atoms with Crippen molar-refractivity contribution in [1.82, 2.24) is 20.0 Å². The van der Waals surface area contributed by atoms with Crippen molar-refractivity contribution in [2.24, 2.45) is 4.99 Å². The lowest BCUT2D eigenvalue weighted by Gasteiger charge is -2.44. The van der Waals surface area contributed by atoms with Gasteiger partial charge in [0.1, 0.15) is 0 Å². The molecular weight excluding hydrogens is 338 g/mol. The Labute approximate surface area is 166 Å². The summed E-state index contributed by atoms with van der Waals surface area (Å²) in [6.07, 6.45) is 6.17. The van der Waals surface area contributed by atoms with Crippen LogP contribution in [-0.2, 0) is 4.74 Å². The minimum atomic E-state index is 0.216. The van der Waals surface area contributed by atoms with Crippen LogP contribution >= 0.6 is 0 Å². The molecule has 3 heterocycles. The lowest BCUT2D eigenvalue weighted by Crippen LogP contribution is -2.54. The predicted molar refractivity (Wildman–Crippen MR) is 112 cm³/mol. The van der Waals surface area contributed by atoms with Gasteiger partial charge in [0, 0.05) is 44.4 Å². The average molecular weight is 380 g/mol. The van der Waals surface area contributed by atoms with E-state index in [1.165, 1.54) is 32.4 Å². The second-order valence-corrected chi connectivity index (χ2v) is 8.31. The number of ether oxygens (including phenoxy) is 1. The molecule has 1 atom stereocenters. The van der Waals surface area contributed by atoms with E-state index in [1.54, 1.807) is 0 Å². The fourth-order valence-electron chi connectivity index (χ4n) is 5.14. The number of aliphatic imine (C=N–C) groups is 1. The maximum Gasteiger partial charge on any atom is 0.194 e. The van der Waals surface area contributed by atoms with E-state index >= 15 is 0 Å². The van der Waals surface area contributed by atoms with Crippen molar-refractivity contribution in [2.75, 3.05) is 65.6 Å². The summed E-state index contributed by atoms with van der Waals surface area (Å²) in [6, 6.07) is 0.666. The number of rotatable bonds is 7. The molecule has 3 aliphatic heterocycles. The summed E-state index contributed by atoms with van der Waals surface area (Å²) in [5, 5.41) is 3.58. The number of hydrogen-bond donors (Lipinski definition) is 1. The molecule has 27 heavy (non-hydrogen) atoms. The molecule has 1 unspecified atom stereocenters. The van der Waals surface area contributed by atoms with Gasteiger partial charge in [-0.2, -0.15) is 0 Å². The topological polar surface area (TPSA) is 43.3 Å². The van der Waals surface area contributed by atoms with Crippen LogP contribution in [0.25, 0.3) is 0 Å². The van der Waals surface area contributed by atoms with Crippen molar-refractivity contribution in [2.45, 2.75) is 64.5 Å². The molecule has 0 radical (unpaired) electrons. The Morgan fingerprint density at radius 3 is 2.44 bits per heavy atom. The summed E-state index contributed by atoms with van der Waals surface area (Å²) < 4.78 is 5.70. The second kappa shape index (κ2) is 10.1. The fraction of sp³-hybridized carbons (Fsp3) is 0.952. The number of nitrogens with one attached hydrogen (secondary N) is 1. The van der Waals surface area contributed by atoms with Crippen molar-refractivity contribution >= 4 is 5.96 Å². The van der Waals surface area contributed by atoms with Gasteiger partial charge in [0.15, 0.2) is 5.96 Å². The molecule has 0 amide bonds. The zero-order chi connectivity index (χ0) is 19.1. The van der Waals surface area contributed by atoms with Crippen LogP contribution in [0.15, 0.2) is 4.99 Å². The highest BCUT2D eigenvalue weighted by Crippen LogP contribution is 2.31. The van der Waals surface area contributed by atoms with Crippen LogP contribution < -0.4 is 5.32 Å². The van der Waals surface area contributed by atoms with E-state index in [-0.39, 0.29) is 5.54 Å². The van der Waals surface area contributed by atoms with E-state index < -0.39 is 0 Å². The monoisotopic (exact) mass is 379 g/mol. The van der Waals surface area contributed by atoms with Crippen molar-refractivity contribution in [3.63, 3.8) is 0 Å². The third-order valence-electron chi connectivity index (χ3n) is 6.85. The Hall–Kier alpha value is -0.850. The zero-order valence-electron chi connectivity index (χ0n) is 17.9. The normalized spacial score (nSPS) is 26.9. The molecule has 0 saturated carbocycles. The Morgan fingerprint density at radius 2 is 1.81 bits per heavy atom. The number of guanidine groups is 1. The molecule has 156 valence electrons. The van der Waals surface area contributed by atoms with Crippen molar-refractivity contribution in [1.29, 1.82) is 0 Å². The summed E-state index contributed by atoms with van der Waals surface area (Å²) in [4.78, 5) is 13.0. The van der Waals surface area contributed by atoms with E-state index in [9.17, 15) is 0 Å². The molecule has 3 fully saturated rings. The Balaban J connectivity index is 1.69. The zero-order valence-corrected chi connectivity index (χ0v) is 17.9. The van der Waals surface area contributed by atoms with Crippen LogP contribution in [0.2, 0.25) is 0 Å². The lowest BCUT2D eigenvalue weighted by molar-refractivity contribution is -0.0139. The van der Waals surface area contributed by atoms with Crippen LogP contribution in [0.3, 0.4) is 0 Å². The number of nitrogens with zero attached hydrogens (tertiary/aromatic N) is 4. The third-order valence-corrected chi connectivity index (χ3v) is 6.85. The summed E-state index contributed by atoms with van der Waals surface area (Å²) in [7, 11) is 0. The first-order valence-electron chi connectivity index (χ1n) is 11.3.